The first-order valence-corrected chi connectivity index (χ1v) is 12.4. The minimum absolute atomic E-state index is 0.0487. The van der Waals surface area contributed by atoms with E-state index in [1.54, 1.807) is 19.4 Å². The van der Waals surface area contributed by atoms with Crippen molar-refractivity contribution in [3.63, 3.8) is 0 Å². The molecule has 36 heavy (non-hydrogen) atoms. The molecule has 0 spiro atoms. The van der Waals surface area contributed by atoms with Crippen LogP contribution in [0.25, 0.3) is 0 Å². The van der Waals surface area contributed by atoms with Crippen LogP contribution in [0.3, 0.4) is 0 Å². The van der Waals surface area contributed by atoms with Crippen molar-refractivity contribution in [3.8, 4) is 23.0 Å². The average Bonchev–Trinajstić information content (AvgIpc) is 2.91. The summed E-state index contributed by atoms with van der Waals surface area (Å²) in [6.45, 7) is 6.79. The number of nitrogens with one attached hydrogen (secondary N) is 1. The summed E-state index contributed by atoms with van der Waals surface area (Å²) < 4.78 is 28.8. The molecule has 0 saturated carbocycles. The summed E-state index contributed by atoms with van der Waals surface area (Å²) in [5.41, 5.74) is 0.397. The molecule has 3 rings (SSSR count). The normalized spacial score (nSPS) is 22.8. The van der Waals surface area contributed by atoms with Crippen molar-refractivity contribution >= 4 is 5.97 Å². The molecule has 2 heterocycles. The Labute approximate surface area is 213 Å². The smallest absolute Gasteiger partial charge is 0.323 e. The first-order chi connectivity index (χ1) is 17.3. The van der Waals surface area contributed by atoms with Crippen LogP contribution < -0.4 is 19.5 Å². The Kier molecular flexibility index (Phi) is 10.2. The summed E-state index contributed by atoms with van der Waals surface area (Å²) in [5.74, 6) is 1.64. The summed E-state index contributed by atoms with van der Waals surface area (Å²) in [6.07, 6.45) is 2.24. The minimum atomic E-state index is -0.565. The average molecular weight is 503 g/mol. The third-order valence-corrected chi connectivity index (χ3v) is 6.07. The molecule has 2 N–H and O–H groups in total. The van der Waals surface area contributed by atoms with Gasteiger partial charge in [-0.25, -0.2) is 0 Å². The molecule has 4 atom stereocenters. The van der Waals surface area contributed by atoms with Crippen molar-refractivity contribution in [1.82, 2.24) is 10.3 Å². The van der Waals surface area contributed by atoms with Gasteiger partial charge in [-0.05, 0) is 56.4 Å². The Hall–Kier alpha value is -3.04. The van der Waals surface area contributed by atoms with E-state index in [4.69, 9.17) is 23.7 Å². The number of esters is 1. The van der Waals surface area contributed by atoms with Crippen LogP contribution in [-0.2, 0) is 20.8 Å². The lowest BCUT2D eigenvalue weighted by atomic mass is 10.0. The number of benzene rings is 1. The number of carbonyl (C=O) groups excluding carboxylic acids is 1. The van der Waals surface area contributed by atoms with Crippen molar-refractivity contribution in [2.24, 2.45) is 5.92 Å². The van der Waals surface area contributed by atoms with Crippen LogP contribution in [0.15, 0.2) is 36.5 Å². The first-order valence-electron chi connectivity index (χ1n) is 12.4. The zero-order chi connectivity index (χ0) is 26.1. The van der Waals surface area contributed by atoms with Gasteiger partial charge in [0.2, 0.25) is 0 Å². The largest absolute Gasteiger partial charge is 0.503 e. The molecule has 2 aromatic rings. The molecule has 1 aromatic heterocycles. The summed E-state index contributed by atoms with van der Waals surface area (Å²) in [7, 11) is 3.09. The number of nitrogens with zero attached hydrogens (tertiary/aromatic N) is 1. The second-order valence-electron chi connectivity index (χ2n) is 9.34. The van der Waals surface area contributed by atoms with Gasteiger partial charge < -0.3 is 28.8 Å². The number of aromatic hydroxyl groups is 1. The summed E-state index contributed by atoms with van der Waals surface area (Å²) in [4.78, 5) is 17.3. The number of cyclic esters (lactones) is 1. The van der Waals surface area contributed by atoms with Gasteiger partial charge in [0.25, 0.3) is 0 Å². The number of aromatic nitrogens is 1. The molecule has 1 saturated heterocycles. The quantitative estimate of drug-likeness (QED) is 0.468. The molecule has 1 aliphatic heterocycles. The second-order valence-corrected chi connectivity index (χ2v) is 9.34. The van der Waals surface area contributed by atoms with E-state index in [2.05, 4.69) is 24.1 Å². The SMILES string of the molecule is COc1ccc(OC2C(C)OC(=O)C(NCc3nccc(OC)c3O)CCCC2OCC(C)C)cc1. The van der Waals surface area contributed by atoms with Gasteiger partial charge in [-0.15, -0.1) is 0 Å². The summed E-state index contributed by atoms with van der Waals surface area (Å²) in [6, 6.07) is 8.33. The monoisotopic (exact) mass is 502 g/mol. The van der Waals surface area contributed by atoms with Gasteiger partial charge in [-0.3, -0.25) is 15.1 Å². The summed E-state index contributed by atoms with van der Waals surface area (Å²) >= 11 is 0. The van der Waals surface area contributed by atoms with E-state index < -0.39 is 18.2 Å². The molecule has 9 heteroatoms. The van der Waals surface area contributed by atoms with E-state index in [1.165, 1.54) is 7.11 Å². The first kappa shape index (κ1) is 27.5. The molecule has 1 aliphatic rings. The van der Waals surface area contributed by atoms with Gasteiger partial charge in [0.15, 0.2) is 17.6 Å². The zero-order valence-electron chi connectivity index (χ0n) is 21.7. The highest BCUT2D eigenvalue weighted by atomic mass is 16.6. The van der Waals surface area contributed by atoms with Gasteiger partial charge in [-0.1, -0.05) is 13.8 Å². The van der Waals surface area contributed by atoms with Crippen molar-refractivity contribution in [2.75, 3.05) is 20.8 Å². The number of hydrogen-bond acceptors (Lipinski definition) is 9. The van der Waals surface area contributed by atoms with E-state index in [9.17, 15) is 9.90 Å². The van der Waals surface area contributed by atoms with Crippen LogP contribution in [0, 0.1) is 5.92 Å². The van der Waals surface area contributed by atoms with E-state index >= 15 is 0 Å². The molecule has 0 bridgehead atoms. The van der Waals surface area contributed by atoms with Crippen molar-refractivity contribution < 1.29 is 33.6 Å². The Morgan fingerprint density at radius 3 is 2.50 bits per heavy atom. The minimum Gasteiger partial charge on any atom is -0.503 e. The van der Waals surface area contributed by atoms with Crippen LogP contribution >= 0.6 is 0 Å². The molecule has 0 aliphatic carbocycles. The Balaban J connectivity index is 1.74. The lowest BCUT2D eigenvalue weighted by Crippen LogP contribution is -2.46. The van der Waals surface area contributed by atoms with Crippen molar-refractivity contribution in [3.05, 3.63) is 42.2 Å². The zero-order valence-corrected chi connectivity index (χ0v) is 21.7. The Morgan fingerprint density at radius 1 is 1.11 bits per heavy atom. The van der Waals surface area contributed by atoms with Gasteiger partial charge in [0.05, 0.1) is 26.0 Å². The van der Waals surface area contributed by atoms with Gasteiger partial charge in [-0.2, -0.15) is 0 Å². The van der Waals surface area contributed by atoms with Gasteiger partial charge in [0.1, 0.15) is 23.6 Å². The van der Waals surface area contributed by atoms with E-state index in [1.807, 2.05) is 31.2 Å². The van der Waals surface area contributed by atoms with Crippen molar-refractivity contribution in [2.45, 2.75) is 70.9 Å². The third-order valence-electron chi connectivity index (χ3n) is 6.07. The highest BCUT2D eigenvalue weighted by Crippen LogP contribution is 2.28. The van der Waals surface area contributed by atoms with E-state index in [-0.39, 0.29) is 24.4 Å². The predicted molar refractivity (Wildman–Crippen MR) is 134 cm³/mol. The van der Waals surface area contributed by atoms with Crippen LogP contribution in [0.2, 0.25) is 0 Å². The maximum Gasteiger partial charge on any atom is 0.323 e. The molecular weight excluding hydrogens is 464 g/mol. The molecule has 198 valence electrons. The molecule has 0 radical (unpaired) electrons. The maximum absolute atomic E-state index is 13.1. The standard InChI is InChI=1S/C27H38N2O7/c1-17(2)16-34-24-8-6-7-21(29-15-22-25(30)23(33-5)13-14-28-22)27(31)35-18(3)26(24)36-20-11-9-19(32-4)10-12-20/h9-14,17-18,21,24,26,29-30H,6-8,15-16H2,1-5H3. The number of rotatable bonds is 10. The molecule has 4 unspecified atom stereocenters. The van der Waals surface area contributed by atoms with Crippen LogP contribution in [0.5, 0.6) is 23.0 Å². The number of pyridine rings is 1. The molecule has 1 fully saturated rings. The lowest BCUT2D eigenvalue weighted by molar-refractivity contribution is -0.160. The van der Waals surface area contributed by atoms with Crippen LogP contribution in [0.4, 0.5) is 0 Å². The number of ether oxygens (including phenoxy) is 5. The maximum atomic E-state index is 13.1. The molecular formula is C27H38N2O7. The Bertz CT molecular complexity index is 967. The second kappa shape index (κ2) is 13.3. The van der Waals surface area contributed by atoms with Gasteiger partial charge >= 0.3 is 5.97 Å². The fourth-order valence-corrected chi connectivity index (χ4v) is 4.09. The van der Waals surface area contributed by atoms with Crippen LogP contribution in [-0.4, -0.2) is 61.2 Å². The topological polar surface area (TPSA) is 108 Å². The summed E-state index contributed by atoms with van der Waals surface area (Å²) in [5, 5.41) is 13.5. The number of carbonyl (C=O) groups is 1. The van der Waals surface area contributed by atoms with Gasteiger partial charge in [0, 0.05) is 25.4 Å². The highest BCUT2D eigenvalue weighted by molar-refractivity contribution is 5.76. The van der Waals surface area contributed by atoms with E-state index in [0.717, 1.165) is 12.2 Å². The fourth-order valence-electron chi connectivity index (χ4n) is 4.09. The predicted octanol–water partition coefficient (Wildman–Crippen LogP) is 3.87. The number of methoxy groups -OCH3 is 2. The number of hydrogen-bond donors (Lipinski definition) is 2. The van der Waals surface area contributed by atoms with E-state index in [0.29, 0.717) is 42.6 Å². The fraction of sp³-hybridized carbons (Fsp3) is 0.556. The highest BCUT2D eigenvalue weighted by Gasteiger charge is 2.36. The lowest BCUT2D eigenvalue weighted by Gasteiger charge is -2.32. The van der Waals surface area contributed by atoms with Crippen molar-refractivity contribution in [1.29, 1.82) is 0 Å². The molecule has 9 nitrogen and oxygen atoms in total. The third kappa shape index (κ3) is 7.48. The molecule has 1 aromatic carbocycles. The van der Waals surface area contributed by atoms with Crippen LogP contribution in [0.1, 0.15) is 45.7 Å². The Morgan fingerprint density at radius 2 is 1.83 bits per heavy atom. The molecule has 0 amide bonds.